The van der Waals surface area contributed by atoms with Crippen molar-refractivity contribution in [1.29, 1.82) is 5.41 Å². The van der Waals surface area contributed by atoms with Gasteiger partial charge in [0.05, 0.1) is 24.2 Å². The van der Waals surface area contributed by atoms with E-state index in [1.807, 2.05) is 6.92 Å². The van der Waals surface area contributed by atoms with E-state index in [-0.39, 0.29) is 11.5 Å². The number of alkyl carbamates (subject to hydrolysis) is 1. The lowest BCUT2D eigenvalue weighted by molar-refractivity contribution is 0.0548. The minimum absolute atomic E-state index is 0.173. The molecule has 1 aromatic rings. The van der Waals surface area contributed by atoms with Gasteiger partial charge in [-0.2, -0.15) is 0 Å². The fraction of sp³-hybridized carbons (Fsp3) is 0.353. The molecule has 0 aliphatic heterocycles. The number of carbonyl (C=O) groups excluding carboxylic acids is 1. The van der Waals surface area contributed by atoms with Gasteiger partial charge in [0.15, 0.2) is 0 Å². The second-order valence-corrected chi connectivity index (χ2v) is 5.78. The number of carbonyl (C=O) groups is 1. The van der Waals surface area contributed by atoms with Gasteiger partial charge in [0.1, 0.15) is 17.1 Å². The Morgan fingerprint density at radius 1 is 1.46 bits per heavy atom. The second-order valence-electron chi connectivity index (χ2n) is 5.78. The lowest BCUT2D eigenvalue weighted by atomic mass is 10.2. The Bertz CT molecular complexity index is 618. The first-order valence-corrected chi connectivity index (χ1v) is 7.50. The van der Waals surface area contributed by atoms with Gasteiger partial charge in [-0.1, -0.05) is 6.58 Å². The van der Waals surface area contributed by atoms with Gasteiger partial charge in [0, 0.05) is 12.4 Å². The number of aromatic nitrogens is 1. The first-order valence-electron chi connectivity index (χ1n) is 7.50. The molecule has 0 fully saturated rings. The summed E-state index contributed by atoms with van der Waals surface area (Å²) < 4.78 is 10.6. The standard InChI is InChI=1S/C17H24N4O3/c1-6-23-12(2)15(20-13-8-7-9-19-11-13)14(10-18)21-16(22)24-17(3,4)5/h7-11,18,20H,2,6H2,1,3-5H3,(H,21,22)/b15-14+,18-10?. The fourth-order valence-electron chi connectivity index (χ4n) is 1.70. The third-order valence-electron chi connectivity index (χ3n) is 2.58. The Morgan fingerprint density at radius 3 is 2.67 bits per heavy atom. The Hall–Kier alpha value is -2.83. The zero-order valence-corrected chi connectivity index (χ0v) is 14.5. The van der Waals surface area contributed by atoms with Crippen LogP contribution in [0.2, 0.25) is 0 Å². The zero-order valence-electron chi connectivity index (χ0n) is 14.5. The highest BCUT2D eigenvalue weighted by molar-refractivity contribution is 5.86. The number of amides is 1. The summed E-state index contributed by atoms with van der Waals surface area (Å²) in [5, 5.41) is 13.2. The van der Waals surface area contributed by atoms with Crippen LogP contribution in [0.15, 0.2) is 48.3 Å². The fourth-order valence-corrected chi connectivity index (χ4v) is 1.70. The first kappa shape index (κ1) is 19.2. The van der Waals surface area contributed by atoms with Crippen LogP contribution in [0.4, 0.5) is 10.5 Å². The van der Waals surface area contributed by atoms with Gasteiger partial charge in [-0.3, -0.25) is 10.3 Å². The molecule has 0 saturated carbocycles. The first-order chi connectivity index (χ1) is 11.3. The van der Waals surface area contributed by atoms with Gasteiger partial charge in [0.25, 0.3) is 0 Å². The largest absolute Gasteiger partial charge is 0.492 e. The monoisotopic (exact) mass is 332 g/mol. The van der Waals surface area contributed by atoms with Gasteiger partial charge >= 0.3 is 6.09 Å². The van der Waals surface area contributed by atoms with E-state index in [0.29, 0.717) is 18.0 Å². The van der Waals surface area contributed by atoms with Gasteiger partial charge in [-0.15, -0.1) is 0 Å². The summed E-state index contributed by atoms with van der Waals surface area (Å²) >= 11 is 0. The van der Waals surface area contributed by atoms with Crippen LogP contribution < -0.4 is 10.6 Å². The Balaban J connectivity index is 3.10. The third kappa shape index (κ3) is 6.51. The van der Waals surface area contributed by atoms with E-state index in [4.69, 9.17) is 14.9 Å². The Kier molecular flexibility index (Phi) is 6.98. The van der Waals surface area contributed by atoms with E-state index in [1.54, 1.807) is 45.3 Å². The smallest absolute Gasteiger partial charge is 0.412 e. The number of rotatable bonds is 7. The zero-order chi connectivity index (χ0) is 18.2. The maximum Gasteiger partial charge on any atom is 0.412 e. The molecule has 0 spiro atoms. The summed E-state index contributed by atoms with van der Waals surface area (Å²) in [6, 6.07) is 3.55. The molecule has 1 amide bonds. The van der Waals surface area contributed by atoms with Gasteiger partial charge in [0.2, 0.25) is 0 Å². The van der Waals surface area contributed by atoms with Crippen LogP contribution in [0.5, 0.6) is 0 Å². The number of pyridine rings is 1. The van der Waals surface area contributed by atoms with Crippen LogP contribution in [0, 0.1) is 5.41 Å². The van der Waals surface area contributed by atoms with Crippen LogP contribution >= 0.6 is 0 Å². The molecule has 130 valence electrons. The molecular formula is C17H24N4O3. The summed E-state index contributed by atoms with van der Waals surface area (Å²) in [6.45, 7) is 11.3. The van der Waals surface area contributed by atoms with Crippen molar-refractivity contribution in [2.45, 2.75) is 33.3 Å². The molecular weight excluding hydrogens is 308 g/mol. The van der Waals surface area contributed by atoms with Gasteiger partial charge < -0.3 is 20.2 Å². The van der Waals surface area contributed by atoms with Crippen LogP contribution in [0.1, 0.15) is 27.7 Å². The van der Waals surface area contributed by atoms with E-state index in [1.165, 1.54) is 0 Å². The highest BCUT2D eigenvalue weighted by Crippen LogP contribution is 2.17. The van der Waals surface area contributed by atoms with E-state index in [2.05, 4.69) is 22.2 Å². The molecule has 7 nitrogen and oxygen atoms in total. The molecule has 1 heterocycles. The molecule has 0 aliphatic rings. The highest BCUT2D eigenvalue weighted by atomic mass is 16.6. The Morgan fingerprint density at radius 2 is 2.17 bits per heavy atom. The summed E-state index contributed by atoms with van der Waals surface area (Å²) in [4.78, 5) is 16.0. The van der Waals surface area contributed by atoms with Crippen LogP contribution in [0.25, 0.3) is 0 Å². The summed E-state index contributed by atoms with van der Waals surface area (Å²) in [7, 11) is 0. The number of hydrogen-bond acceptors (Lipinski definition) is 6. The average molecular weight is 332 g/mol. The van der Waals surface area contributed by atoms with Crippen molar-refractivity contribution in [2.75, 3.05) is 11.9 Å². The topological polar surface area (TPSA) is 96.3 Å². The summed E-state index contributed by atoms with van der Waals surface area (Å²) in [5.41, 5.74) is 0.543. The lowest BCUT2D eigenvalue weighted by Crippen LogP contribution is -2.33. The number of nitrogens with one attached hydrogen (secondary N) is 3. The van der Waals surface area contributed by atoms with E-state index in [9.17, 15) is 4.79 Å². The minimum Gasteiger partial charge on any atom is -0.492 e. The molecule has 0 unspecified atom stereocenters. The van der Waals surface area contributed by atoms with Gasteiger partial charge in [-0.25, -0.2) is 4.79 Å². The number of allylic oxidation sites excluding steroid dienone is 1. The lowest BCUT2D eigenvalue weighted by Gasteiger charge is -2.21. The van der Waals surface area contributed by atoms with Crippen molar-refractivity contribution in [3.05, 3.63) is 48.3 Å². The predicted molar refractivity (Wildman–Crippen MR) is 93.8 cm³/mol. The number of ether oxygens (including phenoxy) is 2. The number of anilines is 1. The molecule has 1 rings (SSSR count). The van der Waals surface area contributed by atoms with E-state index >= 15 is 0 Å². The van der Waals surface area contributed by atoms with Crippen molar-refractivity contribution in [3.8, 4) is 0 Å². The molecule has 1 aromatic heterocycles. The quantitative estimate of drug-likeness (QED) is 0.404. The molecule has 0 radical (unpaired) electrons. The normalized spacial score (nSPS) is 11.8. The average Bonchev–Trinajstić information content (AvgIpc) is 2.50. The molecule has 0 aliphatic carbocycles. The SMILES string of the molecule is C=C(OCC)/C(Nc1cccnc1)=C(/C=N)NC(=O)OC(C)(C)C. The molecule has 7 heteroatoms. The second kappa shape index (κ2) is 8.71. The third-order valence-corrected chi connectivity index (χ3v) is 2.58. The highest BCUT2D eigenvalue weighted by Gasteiger charge is 2.19. The molecule has 0 aromatic carbocycles. The molecule has 24 heavy (non-hydrogen) atoms. The van der Waals surface area contributed by atoms with Crippen molar-refractivity contribution < 1.29 is 14.3 Å². The van der Waals surface area contributed by atoms with Crippen LogP contribution in [-0.2, 0) is 9.47 Å². The maximum absolute atomic E-state index is 12.0. The predicted octanol–water partition coefficient (Wildman–Crippen LogP) is 3.43. The van der Waals surface area contributed by atoms with Crippen molar-refractivity contribution in [2.24, 2.45) is 0 Å². The van der Waals surface area contributed by atoms with Crippen LogP contribution in [0.3, 0.4) is 0 Å². The summed E-state index contributed by atoms with van der Waals surface area (Å²) in [6.07, 6.45) is 3.57. The van der Waals surface area contributed by atoms with Gasteiger partial charge in [-0.05, 0) is 39.8 Å². The van der Waals surface area contributed by atoms with Crippen LogP contribution in [-0.4, -0.2) is 29.5 Å². The molecule has 0 saturated heterocycles. The van der Waals surface area contributed by atoms with Crippen molar-refractivity contribution in [3.63, 3.8) is 0 Å². The van der Waals surface area contributed by atoms with E-state index in [0.717, 1.165) is 6.21 Å². The van der Waals surface area contributed by atoms with Crippen molar-refractivity contribution in [1.82, 2.24) is 10.3 Å². The molecule has 0 bridgehead atoms. The number of hydrogen-bond donors (Lipinski definition) is 3. The minimum atomic E-state index is -0.671. The Labute approximate surface area is 142 Å². The molecule has 0 atom stereocenters. The van der Waals surface area contributed by atoms with Crippen molar-refractivity contribution >= 4 is 18.0 Å². The maximum atomic E-state index is 12.0. The van der Waals surface area contributed by atoms with E-state index < -0.39 is 11.7 Å². The summed E-state index contributed by atoms with van der Waals surface area (Å²) in [5.74, 6) is 0.288. The number of nitrogens with zero attached hydrogens (tertiary/aromatic N) is 1. The molecule has 3 N–H and O–H groups in total.